The Morgan fingerprint density at radius 1 is 1.48 bits per heavy atom. The van der Waals surface area contributed by atoms with Crippen LogP contribution in [0.2, 0.25) is 0 Å². The van der Waals surface area contributed by atoms with Gasteiger partial charge in [0.25, 0.3) is 0 Å². The summed E-state index contributed by atoms with van der Waals surface area (Å²) in [5.41, 5.74) is 3.22. The van der Waals surface area contributed by atoms with Crippen LogP contribution in [0.5, 0.6) is 0 Å². The first-order chi connectivity index (χ1) is 11.9. The zero-order valence-electron chi connectivity index (χ0n) is 15.2. The van der Waals surface area contributed by atoms with Crippen LogP contribution in [0.15, 0.2) is 0 Å². The van der Waals surface area contributed by atoms with Gasteiger partial charge in [-0.05, 0) is 50.7 Å². The standard InChI is InChI=1S/C17H25N5O2S/c1-10(2)8-22-14-6-5-12(7-13(14)16(19-22)17(23)24)21(4)9-15-11(3)18-20-25-15/h10,12H,5-9H2,1-4H3,(H,23,24)/t12-/m0/s1. The molecule has 0 saturated heterocycles. The van der Waals surface area contributed by atoms with Gasteiger partial charge in [0, 0.05) is 30.4 Å². The fourth-order valence-electron chi connectivity index (χ4n) is 3.47. The molecule has 2 heterocycles. The molecule has 1 N–H and O–H groups in total. The number of fused-ring (bicyclic) bond motifs is 1. The number of hydrogen-bond acceptors (Lipinski definition) is 6. The summed E-state index contributed by atoms with van der Waals surface area (Å²) in [6, 6.07) is 0.309. The third-order valence-corrected chi connectivity index (χ3v) is 5.63. The molecule has 0 amide bonds. The van der Waals surface area contributed by atoms with E-state index in [-0.39, 0.29) is 5.69 Å². The number of nitrogens with zero attached hydrogens (tertiary/aromatic N) is 5. The molecule has 0 spiro atoms. The molecule has 0 bridgehead atoms. The summed E-state index contributed by atoms with van der Waals surface area (Å²) in [5, 5.41) is 18.0. The van der Waals surface area contributed by atoms with E-state index in [4.69, 9.17) is 0 Å². The van der Waals surface area contributed by atoms with Crippen molar-refractivity contribution in [1.29, 1.82) is 0 Å². The Kier molecular flexibility index (Phi) is 5.19. The number of aryl methyl sites for hydroxylation is 1. The first kappa shape index (κ1) is 18.0. The third kappa shape index (κ3) is 3.74. The van der Waals surface area contributed by atoms with Crippen LogP contribution in [0.4, 0.5) is 0 Å². The molecule has 2 aromatic heterocycles. The maximum atomic E-state index is 11.6. The molecule has 2 aromatic rings. The van der Waals surface area contributed by atoms with E-state index in [1.807, 2.05) is 11.6 Å². The lowest BCUT2D eigenvalue weighted by molar-refractivity contribution is 0.0687. The zero-order chi connectivity index (χ0) is 18.1. The van der Waals surface area contributed by atoms with Crippen molar-refractivity contribution in [2.45, 2.75) is 59.2 Å². The van der Waals surface area contributed by atoms with Gasteiger partial charge < -0.3 is 5.11 Å². The number of hydrogen-bond donors (Lipinski definition) is 1. The normalized spacial score (nSPS) is 17.3. The topological polar surface area (TPSA) is 84.1 Å². The molecule has 1 atom stereocenters. The number of rotatable bonds is 6. The Labute approximate surface area is 151 Å². The third-order valence-electron chi connectivity index (χ3n) is 4.82. The monoisotopic (exact) mass is 363 g/mol. The summed E-state index contributed by atoms with van der Waals surface area (Å²) < 4.78 is 5.91. The van der Waals surface area contributed by atoms with Gasteiger partial charge in [-0.1, -0.05) is 18.3 Å². The van der Waals surface area contributed by atoms with Gasteiger partial charge in [0.05, 0.1) is 10.6 Å². The summed E-state index contributed by atoms with van der Waals surface area (Å²) >= 11 is 1.43. The fourth-order valence-corrected chi connectivity index (χ4v) is 4.16. The van der Waals surface area contributed by atoms with E-state index in [0.717, 1.165) is 49.3 Å². The quantitative estimate of drug-likeness (QED) is 0.848. The summed E-state index contributed by atoms with van der Waals surface area (Å²) in [7, 11) is 2.09. The molecular formula is C17H25N5O2S. The SMILES string of the molecule is Cc1nnsc1CN(C)[C@H]1CCc2c(c(C(=O)O)nn2CC(C)C)C1. The lowest BCUT2D eigenvalue weighted by atomic mass is 9.90. The molecule has 136 valence electrons. The number of aromatic nitrogens is 4. The highest BCUT2D eigenvalue weighted by Gasteiger charge is 2.31. The van der Waals surface area contributed by atoms with Crippen LogP contribution in [-0.2, 0) is 25.9 Å². The molecule has 0 unspecified atom stereocenters. The van der Waals surface area contributed by atoms with Gasteiger partial charge in [-0.3, -0.25) is 9.58 Å². The second kappa shape index (κ2) is 7.21. The van der Waals surface area contributed by atoms with Crippen molar-refractivity contribution in [2.75, 3.05) is 7.05 Å². The number of carboxylic acid groups (broad SMARTS) is 1. The molecule has 0 aromatic carbocycles. The van der Waals surface area contributed by atoms with Crippen molar-refractivity contribution in [2.24, 2.45) is 5.92 Å². The number of carbonyl (C=O) groups is 1. The average Bonchev–Trinajstić information content (AvgIpc) is 3.11. The Hall–Kier alpha value is -1.80. The van der Waals surface area contributed by atoms with E-state index in [0.29, 0.717) is 12.0 Å². The highest BCUT2D eigenvalue weighted by Crippen LogP contribution is 2.29. The molecular weight excluding hydrogens is 338 g/mol. The Morgan fingerprint density at radius 2 is 2.24 bits per heavy atom. The fraction of sp³-hybridized carbons (Fsp3) is 0.647. The number of carboxylic acids is 1. The molecule has 25 heavy (non-hydrogen) atoms. The predicted octanol–water partition coefficient (Wildman–Crippen LogP) is 2.39. The Bertz CT molecular complexity index is 767. The van der Waals surface area contributed by atoms with Gasteiger partial charge in [0.15, 0.2) is 5.69 Å². The van der Waals surface area contributed by atoms with E-state index >= 15 is 0 Å². The van der Waals surface area contributed by atoms with Crippen LogP contribution in [0.25, 0.3) is 0 Å². The first-order valence-electron chi connectivity index (χ1n) is 8.66. The maximum Gasteiger partial charge on any atom is 0.356 e. The first-order valence-corrected chi connectivity index (χ1v) is 9.44. The molecule has 7 nitrogen and oxygen atoms in total. The van der Waals surface area contributed by atoms with Crippen molar-refractivity contribution < 1.29 is 9.90 Å². The molecule has 0 aliphatic heterocycles. The van der Waals surface area contributed by atoms with Crippen LogP contribution in [0.3, 0.4) is 0 Å². The molecule has 0 saturated carbocycles. The lowest BCUT2D eigenvalue weighted by Gasteiger charge is -2.31. The number of aromatic carboxylic acids is 1. The van der Waals surface area contributed by atoms with Gasteiger partial charge >= 0.3 is 5.97 Å². The van der Waals surface area contributed by atoms with Crippen molar-refractivity contribution in [1.82, 2.24) is 24.3 Å². The minimum absolute atomic E-state index is 0.226. The van der Waals surface area contributed by atoms with E-state index in [1.165, 1.54) is 16.4 Å². The number of likely N-dealkylation sites (N-methyl/N-ethyl adjacent to an activating group) is 1. The molecule has 8 heteroatoms. The van der Waals surface area contributed by atoms with E-state index in [1.54, 1.807) is 0 Å². The van der Waals surface area contributed by atoms with Gasteiger partial charge in [-0.25, -0.2) is 4.79 Å². The highest BCUT2D eigenvalue weighted by molar-refractivity contribution is 7.05. The van der Waals surface area contributed by atoms with Gasteiger partial charge in [-0.2, -0.15) is 5.10 Å². The van der Waals surface area contributed by atoms with E-state index in [2.05, 4.69) is 40.5 Å². The van der Waals surface area contributed by atoms with Gasteiger partial charge in [0.2, 0.25) is 0 Å². The Morgan fingerprint density at radius 3 is 2.84 bits per heavy atom. The van der Waals surface area contributed by atoms with E-state index < -0.39 is 5.97 Å². The second-order valence-electron chi connectivity index (χ2n) is 7.25. The molecule has 1 aliphatic rings. The van der Waals surface area contributed by atoms with Crippen molar-refractivity contribution in [3.8, 4) is 0 Å². The van der Waals surface area contributed by atoms with Crippen molar-refractivity contribution in [3.63, 3.8) is 0 Å². The average molecular weight is 363 g/mol. The summed E-state index contributed by atoms with van der Waals surface area (Å²) in [6.07, 6.45) is 2.62. The summed E-state index contributed by atoms with van der Waals surface area (Å²) in [5.74, 6) is -0.489. The van der Waals surface area contributed by atoms with Crippen LogP contribution in [-0.4, -0.2) is 48.4 Å². The van der Waals surface area contributed by atoms with E-state index in [9.17, 15) is 9.90 Å². The smallest absolute Gasteiger partial charge is 0.356 e. The molecule has 0 fully saturated rings. The molecule has 0 radical (unpaired) electrons. The minimum atomic E-state index is -0.926. The maximum absolute atomic E-state index is 11.6. The van der Waals surface area contributed by atoms with Gasteiger partial charge in [0.1, 0.15) is 0 Å². The Balaban J connectivity index is 1.81. The lowest BCUT2D eigenvalue weighted by Crippen LogP contribution is -2.36. The van der Waals surface area contributed by atoms with Crippen LogP contribution in [0, 0.1) is 12.8 Å². The van der Waals surface area contributed by atoms with Crippen molar-refractivity contribution >= 4 is 17.5 Å². The second-order valence-corrected chi connectivity index (χ2v) is 8.09. The van der Waals surface area contributed by atoms with Crippen molar-refractivity contribution in [3.05, 3.63) is 27.5 Å². The molecule has 1 aliphatic carbocycles. The van der Waals surface area contributed by atoms with Crippen LogP contribution >= 0.6 is 11.5 Å². The molecule has 3 rings (SSSR count). The predicted molar refractivity (Wildman–Crippen MR) is 96.0 cm³/mol. The largest absolute Gasteiger partial charge is 0.476 e. The van der Waals surface area contributed by atoms with Gasteiger partial charge in [-0.15, -0.1) is 5.10 Å². The van der Waals surface area contributed by atoms with Crippen LogP contribution in [0.1, 0.15) is 52.6 Å². The summed E-state index contributed by atoms with van der Waals surface area (Å²) in [6.45, 7) is 7.79. The zero-order valence-corrected chi connectivity index (χ0v) is 16.0. The highest BCUT2D eigenvalue weighted by atomic mass is 32.1. The minimum Gasteiger partial charge on any atom is -0.476 e. The van der Waals surface area contributed by atoms with Crippen LogP contribution < -0.4 is 0 Å². The summed E-state index contributed by atoms with van der Waals surface area (Å²) in [4.78, 5) is 15.1.